The summed E-state index contributed by atoms with van der Waals surface area (Å²) in [5.74, 6) is 0.471. The number of nitrogens with two attached hydrogens (primary N) is 1. The number of aryl methyl sites for hydroxylation is 1. The van der Waals surface area contributed by atoms with E-state index in [1.54, 1.807) is 6.20 Å². The van der Waals surface area contributed by atoms with Gasteiger partial charge in [0, 0.05) is 17.5 Å². The smallest absolute Gasteiger partial charge is 0.128 e. The van der Waals surface area contributed by atoms with Crippen molar-refractivity contribution in [2.45, 2.75) is 19.9 Å². The fourth-order valence-electron chi connectivity index (χ4n) is 2.00. The number of aromatic nitrogens is 2. The Morgan fingerprint density at radius 2 is 2.21 bits per heavy atom. The Kier molecular flexibility index (Phi) is 4.35. The van der Waals surface area contributed by atoms with Gasteiger partial charge in [-0.05, 0) is 31.7 Å². The molecule has 4 nitrogen and oxygen atoms in total. The molecule has 0 aliphatic carbocycles. The molecule has 0 aromatic carbocycles. The largest absolute Gasteiger partial charge is 0.383 e. The fraction of sp³-hybridized carbons (Fsp3) is 0.286. The van der Waals surface area contributed by atoms with Crippen LogP contribution in [0.1, 0.15) is 29.9 Å². The highest BCUT2D eigenvalue weighted by atomic mass is 35.5. The second-order valence-electron chi connectivity index (χ2n) is 4.32. The number of hydrogen-bond acceptors (Lipinski definition) is 4. The predicted molar refractivity (Wildman–Crippen MR) is 78.2 cm³/mol. The van der Waals surface area contributed by atoms with Crippen LogP contribution >= 0.6 is 11.6 Å². The number of nitrogens with zero attached hydrogens (tertiary/aromatic N) is 2. The normalized spacial score (nSPS) is 12.4. The van der Waals surface area contributed by atoms with Gasteiger partial charge in [-0.25, -0.2) is 4.98 Å². The van der Waals surface area contributed by atoms with Gasteiger partial charge in [0.15, 0.2) is 0 Å². The Hall–Kier alpha value is -1.65. The van der Waals surface area contributed by atoms with E-state index in [4.69, 9.17) is 17.3 Å². The summed E-state index contributed by atoms with van der Waals surface area (Å²) in [6.07, 6.45) is 1.55. The lowest BCUT2D eigenvalue weighted by atomic mass is 10.0. The summed E-state index contributed by atoms with van der Waals surface area (Å²) in [4.78, 5) is 8.66. The Balaban J connectivity index is 2.48. The maximum absolute atomic E-state index is 6.01. The van der Waals surface area contributed by atoms with Crippen LogP contribution in [-0.4, -0.2) is 16.5 Å². The summed E-state index contributed by atoms with van der Waals surface area (Å²) in [5.41, 5.74) is 8.69. The SMILES string of the molecule is CCNC(c1cccc(C)n1)c1cc(Cl)cnc1N. The van der Waals surface area contributed by atoms with Gasteiger partial charge in [0.1, 0.15) is 5.82 Å². The third-order valence-electron chi connectivity index (χ3n) is 2.84. The lowest BCUT2D eigenvalue weighted by Gasteiger charge is -2.19. The van der Waals surface area contributed by atoms with Crippen LogP contribution in [0.25, 0.3) is 0 Å². The minimum Gasteiger partial charge on any atom is -0.383 e. The lowest BCUT2D eigenvalue weighted by Crippen LogP contribution is -2.24. The molecule has 19 heavy (non-hydrogen) atoms. The molecule has 0 amide bonds. The second-order valence-corrected chi connectivity index (χ2v) is 4.76. The first kappa shape index (κ1) is 13.8. The molecule has 0 fully saturated rings. The van der Waals surface area contributed by atoms with Crippen LogP contribution < -0.4 is 11.1 Å². The van der Waals surface area contributed by atoms with Crippen LogP contribution in [0.5, 0.6) is 0 Å². The van der Waals surface area contributed by atoms with Crippen molar-refractivity contribution in [3.8, 4) is 0 Å². The van der Waals surface area contributed by atoms with E-state index >= 15 is 0 Å². The van der Waals surface area contributed by atoms with E-state index < -0.39 is 0 Å². The average Bonchev–Trinajstić information content (AvgIpc) is 2.39. The lowest BCUT2D eigenvalue weighted by molar-refractivity contribution is 0.614. The minimum absolute atomic E-state index is 0.101. The molecular weight excluding hydrogens is 260 g/mol. The second kappa shape index (κ2) is 5.99. The molecule has 0 bridgehead atoms. The van der Waals surface area contributed by atoms with Crippen molar-refractivity contribution in [1.82, 2.24) is 15.3 Å². The van der Waals surface area contributed by atoms with E-state index in [0.717, 1.165) is 23.5 Å². The molecule has 0 radical (unpaired) electrons. The zero-order valence-electron chi connectivity index (χ0n) is 11.0. The maximum atomic E-state index is 6.01. The Morgan fingerprint density at radius 1 is 1.42 bits per heavy atom. The van der Waals surface area contributed by atoms with Crippen LogP contribution in [0.15, 0.2) is 30.5 Å². The summed E-state index contributed by atoms with van der Waals surface area (Å²) in [7, 11) is 0. The summed E-state index contributed by atoms with van der Waals surface area (Å²) in [6, 6.07) is 7.65. The number of nitrogen functional groups attached to an aromatic ring is 1. The van der Waals surface area contributed by atoms with Crippen LogP contribution in [0.4, 0.5) is 5.82 Å². The monoisotopic (exact) mass is 276 g/mol. The topological polar surface area (TPSA) is 63.8 Å². The summed E-state index contributed by atoms with van der Waals surface area (Å²) in [6.45, 7) is 4.80. The molecule has 0 saturated heterocycles. The summed E-state index contributed by atoms with van der Waals surface area (Å²) < 4.78 is 0. The van der Waals surface area contributed by atoms with Gasteiger partial charge in [-0.1, -0.05) is 24.6 Å². The van der Waals surface area contributed by atoms with Gasteiger partial charge in [-0.3, -0.25) is 4.98 Å². The molecule has 2 heterocycles. The van der Waals surface area contributed by atoms with Crippen LogP contribution in [0, 0.1) is 6.92 Å². The van der Waals surface area contributed by atoms with Crippen LogP contribution in [-0.2, 0) is 0 Å². The van der Waals surface area contributed by atoms with Crippen molar-refractivity contribution in [1.29, 1.82) is 0 Å². The van der Waals surface area contributed by atoms with E-state index in [2.05, 4.69) is 15.3 Å². The van der Waals surface area contributed by atoms with Gasteiger partial charge in [-0.15, -0.1) is 0 Å². The number of halogens is 1. The molecule has 0 saturated carbocycles. The maximum Gasteiger partial charge on any atom is 0.128 e. The third kappa shape index (κ3) is 3.22. The van der Waals surface area contributed by atoms with Gasteiger partial charge < -0.3 is 11.1 Å². The first-order chi connectivity index (χ1) is 9.11. The molecule has 1 unspecified atom stereocenters. The fourth-order valence-corrected chi connectivity index (χ4v) is 2.17. The molecular formula is C14H17ClN4. The number of anilines is 1. The van der Waals surface area contributed by atoms with Gasteiger partial charge in [0.05, 0.1) is 16.8 Å². The van der Waals surface area contributed by atoms with Crippen molar-refractivity contribution in [2.24, 2.45) is 0 Å². The predicted octanol–water partition coefficient (Wildman–Crippen LogP) is 2.72. The van der Waals surface area contributed by atoms with E-state index in [0.29, 0.717) is 10.8 Å². The molecule has 0 aliphatic heterocycles. The van der Waals surface area contributed by atoms with Gasteiger partial charge in [0.25, 0.3) is 0 Å². The summed E-state index contributed by atoms with van der Waals surface area (Å²) in [5, 5.41) is 3.94. The van der Waals surface area contributed by atoms with Gasteiger partial charge in [0.2, 0.25) is 0 Å². The zero-order chi connectivity index (χ0) is 13.8. The van der Waals surface area contributed by atoms with E-state index in [9.17, 15) is 0 Å². The standard InChI is InChI=1S/C14H17ClN4/c1-3-17-13(12-6-4-5-9(2)19-12)11-7-10(15)8-18-14(11)16/h4-8,13,17H,3H2,1-2H3,(H2,16,18). The Labute approximate surface area is 118 Å². The van der Waals surface area contributed by atoms with E-state index in [1.807, 2.05) is 38.1 Å². The minimum atomic E-state index is -0.101. The Bertz CT molecular complexity index is 571. The van der Waals surface area contributed by atoms with Crippen LogP contribution in [0.3, 0.4) is 0 Å². The Morgan fingerprint density at radius 3 is 2.89 bits per heavy atom. The number of rotatable bonds is 4. The van der Waals surface area contributed by atoms with Gasteiger partial charge in [-0.2, -0.15) is 0 Å². The molecule has 5 heteroatoms. The van der Waals surface area contributed by atoms with E-state index in [1.165, 1.54) is 0 Å². The highest BCUT2D eigenvalue weighted by molar-refractivity contribution is 6.30. The third-order valence-corrected chi connectivity index (χ3v) is 3.05. The van der Waals surface area contributed by atoms with Crippen molar-refractivity contribution < 1.29 is 0 Å². The van der Waals surface area contributed by atoms with E-state index in [-0.39, 0.29) is 6.04 Å². The molecule has 2 aromatic rings. The zero-order valence-corrected chi connectivity index (χ0v) is 11.8. The molecule has 100 valence electrons. The molecule has 0 spiro atoms. The summed E-state index contributed by atoms with van der Waals surface area (Å²) >= 11 is 6.01. The highest BCUT2D eigenvalue weighted by Crippen LogP contribution is 2.26. The van der Waals surface area contributed by atoms with Gasteiger partial charge >= 0.3 is 0 Å². The van der Waals surface area contributed by atoms with Crippen molar-refractivity contribution in [2.75, 3.05) is 12.3 Å². The molecule has 1 atom stereocenters. The van der Waals surface area contributed by atoms with Crippen molar-refractivity contribution >= 4 is 17.4 Å². The molecule has 2 aromatic heterocycles. The van der Waals surface area contributed by atoms with Crippen molar-refractivity contribution in [3.05, 3.63) is 52.4 Å². The highest BCUT2D eigenvalue weighted by Gasteiger charge is 2.18. The molecule has 0 aliphatic rings. The quantitative estimate of drug-likeness (QED) is 0.901. The first-order valence-electron chi connectivity index (χ1n) is 6.19. The average molecular weight is 277 g/mol. The number of pyridine rings is 2. The molecule has 3 N–H and O–H groups in total. The van der Waals surface area contributed by atoms with Crippen LogP contribution in [0.2, 0.25) is 5.02 Å². The number of hydrogen-bond donors (Lipinski definition) is 2. The first-order valence-corrected chi connectivity index (χ1v) is 6.57. The van der Waals surface area contributed by atoms with Crippen molar-refractivity contribution in [3.63, 3.8) is 0 Å². The molecule has 2 rings (SSSR count). The number of nitrogens with one attached hydrogen (secondary N) is 1.